The van der Waals surface area contributed by atoms with Crippen molar-refractivity contribution in [3.05, 3.63) is 34.9 Å². The zero-order valence-corrected chi connectivity index (χ0v) is 12.2. The highest BCUT2D eigenvalue weighted by atomic mass is 16.6. The van der Waals surface area contributed by atoms with Crippen molar-refractivity contribution in [2.24, 2.45) is 0 Å². The molecule has 0 aliphatic carbocycles. The van der Waals surface area contributed by atoms with Crippen molar-refractivity contribution in [3.63, 3.8) is 0 Å². The Labute approximate surface area is 122 Å². The minimum absolute atomic E-state index is 0.118. The van der Waals surface area contributed by atoms with Crippen LogP contribution in [0, 0.1) is 0 Å². The molecular weight excluding hydrogens is 274 g/mol. The molecule has 1 aromatic rings. The number of ketones is 1. The van der Waals surface area contributed by atoms with Crippen LogP contribution in [0.15, 0.2) is 18.2 Å². The van der Waals surface area contributed by atoms with Gasteiger partial charge in [0.1, 0.15) is 5.60 Å². The van der Waals surface area contributed by atoms with Crippen molar-refractivity contribution < 1.29 is 24.2 Å². The second-order valence-corrected chi connectivity index (χ2v) is 5.95. The molecule has 1 aliphatic heterocycles. The monoisotopic (exact) mass is 291 g/mol. The maximum absolute atomic E-state index is 12.0. The van der Waals surface area contributed by atoms with Crippen LogP contribution < -0.4 is 0 Å². The van der Waals surface area contributed by atoms with Crippen LogP contribution in [-0.4, -0.2) is 33.5 Å². The Balaban J connectivity index is 2.14. The molecule has 6 nitrogen and oxygen atoms in total. The number of benzene rings is 1. The summed E-state index contributed by atoms with van der Waals surface area (Å²) in [5.74, 6) is -2.44. The zero-order chi connectivity index (χ0) is 15.8. The number of carbonyl (C=O) groups is 3. The van der Waals surface area contributed by atoms with Gasteiger partial charge in [0.15, 0.2) is 0 Å². The number of nitrogens with zero attached hydrogens (tertiary/aromatic N) is 1. The minimum atomic E-state index is -1.49. The Morgan fingerprint density at radius 1 is 1.14 bits per heavy atom. The normalized spacial score (nSPS) is 13.8. The molecule has 112 valence electrons. The molecule has 6 heteroatoms. The highest BCUT2D eigenvalue weighted by Gasteiger charge is 2.28. The van der Waals surface area contributed by atoms with Gasteiger partial charge in [-0.05, 0) is 38.0 Å². The third kappa shape index (κ3) is 3.39. The number of amides is 1. The fourth-order valence-corrected chi connectivity index (χ4v) is 2.11. The number of rotatable bonds is 2. The average Bonchev–Trinajstić information content (AvgIpc) is 2.78. The molecule has 1 aliphatic rings. The first kappa shape index (κ1) is 15.0. The predicted molar refractivity (Wildman–Crippen MR) is 73.9 cm³/mol. The fourth-order valence-electron chi connectivity index (χ4n) is 2.11. The summed E-state index contributed by atoms with van der Waals surface area (Å²) in [6.07, 6.45) is -0.426. The van der Waals surface area contributed by atoms with Gasteiger partial charge in [0.25, 0.3) is 5.78 Å². The minimum Gasteiger partial charge on any atom is -0.475 e. The first-order chi connectivity index (χ1) is 9.67. The van der Waals surface area contributed by atoms with Gasteiger partial charge >= 0.3 is 12.1 Å². The van der Waals surface area contributed by atoms with Gasteiger partial charge in [0.05, 0.1) is 0 Å². The number of aliphatic carboxylic acids is 1. The van der Waals surface area contributed by atoms with E-state index in [4.69, 9.17) is 9.84 Å². The summed E-state index contributed by atoms with van der Waals surface area (Å²) in [5, 5.41) is 8.72. The molecule has 0 atom stereocenters. The highest BCUT2D eigenvalue weighted by molar-refractivity contribution is 6.39. The first-order valence-electron chi connectivity index (χ1n) is 6.55. The lowest BCUT2D eigenvalue weighted by Crippen LogP contribution is -2.33. The van der Waals surface area contributed by atoms with E-state index >= 15 is 0 Å². The Kier molecular flexibility index (Phi) is 3.72. The number of carboxylic acids is 1. The SMILES string of the molecule is CC(C)(C)OC(=O)N1Cc2ccc(C(=O)C(=O)O)cc2C1. The molecule has 0 saturated heterocycles. The van der Waals surface area contributed by atoms with Crippen LogP contribution in [0.1, 0.15) is 42.3 Å². The van der Waals surface area contributed by atoms with Gasteiger partial charge in [0.2, 0.25) is 0 Å². The van der Waals surface area contributed by atoms with Crippen molar-refractivity contribution in [2.75, 3.05) is 0 Å². The van der Waals surface area contributed by atoms with Crippen LogP contribution in [0.3, 0.4) is 0 Å². The quantitative estimate of drug-likeness (QED) is 0.667. The summed E-state index contributed by atoms with van der Waals surface area (Å²) in [6.45, 7) is 6.07. The van der Waals surface area contributed by atoms with Crippen LogP contribution in [0.25, 0.3) is 0 Å². The van der Waals surface area contributed by atoms with Crippen molar-refractivity contribution in [1.82, 2.24) is 4.90 Å². The van der Waals surface area contributed by atoms with Gasteiger partial charge in [-0.2, -0.15) is 0 Å². The van der Waals surface area contributed by atoms with Crippen molar-refractivity contribution in [2.45, 2.75) is 39.5 Å². The molecule has 1 amide bonds. The number of carboxylic acid groups (broad SMARTS) is 1. The van der Waals surface area contributed by atoms with E-state index < -0.39 is 23.4 Å². The molecule has 2 rings (SSSR count). The third-order valence-corrected chi connectivity index (χ3v) is 3.04. The Morgan fingerprint density at radius 2 is 1.76 bits per heavy atom. The lowest BCUT2D eigenvalue weighted by molar-refractivity contribution is -0.131. The van der Waals surface area contributed by atoms with E-state index in [-0.39, 0.29) is 5.56 Å². The van der Waals surface area contributed by atoms with E-state index in [0.717, 1.165) is 11.1 Å². The number of hydrogen-bond donors (Lipinski definition) is 1. The lowest BCUT2D eigenvalue weighted by atomic mass is 10.0. The number of carbonyl (C=O) groups excluding carboxylic acids is 2. The molecule has 21 heavy (non-hydrogen) atoms. The smallest absolute Gasteiger partial charge is 0.410 e. The fraction of sp³-hybridized carbons (Fsp3) is 0.400. The summed E-state index contributed by atoms with van der Waals surface area (Å²) in [5.41, 5.74) is 1.21. The Bertz CT molecular complexity index is 615. The van der Waals surface area contributed by atoms with E-state index in [1.165, 1.54) is 17.0 Å². The first-order valence-corrected chi connectivity index (χ1v) is 6.55. The maximum Gasteiger partial charge on any atom is 0.410 e. The topological polar surface area (TPSA) is 83.9 Å². The summed E-state index contributed by atoms with van der Waals surface area (Å²) < 4.78 is 5.29. The molecular formula is C15H17NO5. The van der Waals surface area contributed by atoms with Crippen LogP contribution in [0.4, 0.5) is 4.79 Å². The van der Waals surface area contributed by atoms with Gasteiger partial charge in [-0.3, -0.25) is 9.69 Å². The van der Waals surface area contributed by atoms with Gasteiger partial charge in [-0.15, -0.1) is 0 Å². The van der Waals surface area contributed by atoms with E-state index in [0.29, 0.717) is 13.1 Å². The van der Waals surface area contributed by atoms with Crippen LogP contribution in [0.5, 0.6) is 0 Å². The number of hydrogen-bond acceptors (Lipinski definition) is 4. The molecule has 0 saturated carbocycles. The Hall–Kier alpha value is -2.37. The number of ether oxygens (including phenoxy) is 1. The second kappa shape index (κ2) is 5.20. The van der Waals surface area contributed by atoms with Gasteiger partial charge < -0.3 is 9.84 Å². The van der Waals surface area contributed by atoms with Crippen molar-refractivity contribution in [1.29, 1.82) is 0 Å². The molecule has 0 radical (unpaired) electrons. The molecule has 0 aromatic heterocycles. The van der Waals surface area contributed by atoms with Gasteiger partial charge in [0, 0.05) is 18.7 Å². The van der Waals surface area contributed by atoms with E-state index in [2.05, 4.69) is 0 Å². The summed E-state index contributed by atoms with van der Waals surface area (Å²) in [7, 11) is 0. The molecule has 0 bridgehead atoms. The summed E-state index contributed by atoms with van der Waals surface area (Å²) in [6, 6.07) is 4.67. The van der Waals surface area contributed by atoms with Crippen LogP contribution in [-0.2, 0) is 22.6 Å². The summed E-state index contributed by atoms with van der Waals surface area (Å²) >= 11 is 0. The van der Waals surface area contributed by atoms with Crippen LogP contribution >= 0.6 is 0 Å². The molecule has 1 aromatic carbocycles. The van der Waals surface area contributed by atoms with Crippen LogP contribution in [0.2, 0.25) is 0 Å². The van der Waals surface area contributed by atoms with E-state index in [1.807, 2.05) is 0 Å². The Morgan fingerprint density at radius 3 is 2.33 bits per heavy atom. The number of fused-ring (bicyclic) bond motifs is 1. The summed E-state index contributed by atoms with van der Waals surface area (Å²) in [4.78, 5) is 35.7. The average molecular weight is 291 g/mol. The lowest BCUT2D eigenvalue weighted by Gasteiger charge is -2.24. The second-order valence-electron chi connectivity index (χ2n) is 5.95. The molecule has 1 N–H and O–H groups in total. The zero-order valence-electron chi connectivity index (χ0n) is 12.2. The molecule has 0 fully saturated rings. The van der Waals surface area contributed by atoms with Crippen molar-refractivity contribution in [3.8, 4) is 0 Å². The molecule has 1 heterocycles. The van der Waals surface area contributed by atoms with Crippen molar-refractivity contribution >= 4 is 17.8 Å². The predicted octanol–water partition coefficient (Wildman–Crippen LogP) is 2.20. The van der Waals surface area contributed by atoms with Gasteiger partial charge in [-0.25, -0.2) is 9.59 Å². The standard InChI is InChI=1S/C15H17NO5/c1-15(2,3)21-14(20)16-7-10-5-4-9(6-11(10)8-16)12(17)13(18)19/h4-6H,7-8H2,1-3H3,(H,18,19). The largest absolute Gasteiger partial charge is 0.475 e. The highest BCUT2D eigenvalue weighted by Crippen LogP contribution is 2.25. The molecule has 0 spiro atoms. The number of Topliss-reactive ketones (excluding diaryl/α,β-unsaturated/α-hetero) is 1. The van der Waals surface area contributed by atoms with E-state index in [9.17, 15) is 14.4 Å². The third-order valence-electron chi connectivity index (χ3n) is 3.04. The van der Waals surface area contributed by atoms with E-state index in [1.54, 1.807) is 26.8 Å². The maximum atomic E-state index is 12.0. The van der Waals surface area contributed by atoms with Gasteiger partial charge in [-0.1, -0.05) is 12.1 Å². The molecule has 0 unspecified atom stereocenters.